The summed E-state index contributed by atoms with van der Waals surface area (Å²) in [6, 6.07) is 0. The fourth-order valence-corrected chi connectivity index (χ4v) is 1.03. The molecule has 0 radical (unpaired) electrons. The van der Waals surface area contributed by atoms with E-state index in [-0.39, 0.29) is 19.4 Å². The summed E-state index contributed by atoms with van der Waals surface area (Å²) in [5.74, 6) is 0. The predicted molar refractivity (Wildman–Crippen MR) is 26.8 cm³/mol. The average molecular weight is 141 g/mol. The second kappa shape index (κ2) is 2.57. The molecule has 0 saturated carbocycles. The summed E-state index contributed by atoms with van der Waals surface area (Å²) < 4.78 is 18.6. The van der Waals surface area contributed by atoms with Crippen molar-refractivity contribution in [3.8, 4) is 0 Å². The lowest BCUT2D eigenvalue weighted by Crippen LogP contribution is -1.79. The lowest BCUT2D eigenvalue weighted by molar-refractivity contribution is 0.262. The Bertz CT molecular complexity index is 105. The van der Waals surface area contributed by atoms with Crippen LogP contribution in [0, 0.1) is 0 Å². The second-order valence-corrected chi connectivity index (χ2v) is 2.59. The highest BCUT2D eigenvalue weighted by Gasteiger charge is 2.26. The van der Waals surface area contributed by atoms with Gasteiger partial charge in [0, 0.05) is 0 Å². The molecule has 0 aromatic heterocycles. The molecule has 8 heavy (non-hydrogen) atoms. The maximum absolute atomic E-state index is 10.1. The third-order valence-electron chi connectivity index (χ3n) is 0.592. The van der Waals surface area contributed by atoms with Crippen molar-refractivity contribution in [2.45, 2.75) is 0 Å². The third-order valence-corrected chi connectivity index (χ3v) is 1.61. The summed E-state index contributed by atoms with van der Waals surface area (Å²) in [7, 11) is -3.54. The van der Waals surface area contributed by atoms with Crippen LogP contribution in [0.1, 0.15) is 0 Å². The molecule has 1 rings (SSSR count). The summed E-state index contributed by atoms with van der Waals surface area (Å²) in [5, 5.41) is 0. The molecule has 4 N–H and O–H groups in total. The molecule has 0 aromatic rings. The van der Waals surface area contributed by atoms with Gasteiger partial charge in [-0.3, -0.25) is 9.05 Å². The zero-order valence-electron chi connectivity index (χ0n) is 4.24. The van der Waals surface area contributed by atoms with Crippen molar-refractivity contribution in [2.24, 2.45) is 0 Å². The van der Waals surface area contributed by atoms with Crippen molar-refractivity contribution in [1.82, 2.24) is 6.15 Å². The fraction of sp³-hybridized carbons (Fsp3) is 1.00. The van der Waals surface area contributed by atoms with Crippen LogP contribution in [-0.4, -0.2) is 18.1 Å². The summed E-state index contributed by atoms with van der Waals surface area (Å²) in [5.41, 5.74) is 0. The Labute approximate surface area is 46.8 Å². The van der Waals surface area contributed by atoms with Gasteiger partial charge in [-0.25, -0.2) is 4.57 Å². The van der Waals surface area contributed by atoms with Crippen LogP contribution in [0.5, 0.6) is 0 Å². The van der Waals surface area contributed by atoms with Gasteiger partial charge in [0.25, 0.3) is 0 Å². The van der Waals surface area contributed by atoms with Crippen molar-refractivity contribution >= 4 is 7.82 Å². The number of hydrogen-bond acceptors (Lipinski definition) is 4. The predicted octanol–water partition coefficient (Wildman–Crippen LogP) is 0.296. The maximum Gasteiger partial charge on any atom is 0.472 e. The Morgan fingerprint density at radius 3 is 1.88 bits per heavy atom. The standard InChI is InChI=1S/C2H5O4P.H3N/c3-7(4)5-1-2-6-7;/h1-2H2,(H,3,4);1H3. The number of phosphoric ester groups is 1. The van der Waals surface area contributed by atoms with E-state index in [0.29, 0.717) is 0 Å². The van der Waals surface area contributed by atoms with E-state index < -0.39 is 7.82 Å². The normalized spacial score (nSPS) is 24.6. The van der Waals surface area contributed by atoms with Crippen LogP contribution in [0.2, 0.25) is 0 Å². The summed E-state index contributed by atoms with van der Waals surface area (Å²) >= 11 is 0. The van der Waals surface area contributed by atoms with Gasteiger partial charge < -0.3 is 11.0 Å². The highest BCUT2D eigenvalue weighted by molar-refractivity contribution is 7.47. The van der Waals surface area contributed by atoms with Crippen molar-refractivity contribution < 1.29 is 18.5 Å². The monoisotopic (exact) mass is 141 g/mol. The van der Waals surface area contributed by atoms with Gasteiger partial charge in [0.1, 0.15) is 0 Å². The van der Waals surface area contributed by atoms with E-state index in [1.165, 1.54) is 0 Å². The molecule has 0 bridgehead atoms. The highest BCUT2D eigenvalue weighted by Crippen LogP contribution is 2.46. The van der Waals surface area contributed by atoms with E-state index in [2.05, 4.69) is 9.05 Å². The van der Waals surface area contributed by atoms with Crippen LogP contribution in [-0.2, 0) is 13.6 Å². The number of phosphoric acid groups is 1. The lowest BCUT2D eigenvalue weighted by Gasteiger charge is -1.94. The first-order valence-electron chi connectivity index (χ1n) is 1.83. The second-order valence-electron chi connectivity index (χ2n) is 1.14. The van der Waals surface area contributed by atoms with Gasteiger partial charge in [0.05, 0.1) is 13.2 Å². The molecule has 5 nitrogen and oxygen atoms in total. The minimum absolute atomic E-state index is 0. The van der Waals surface area contributed by atoms with Crippen LogP contribution in [0.25, 0.3) is 0 Å². The molecule has 1 heterocycles. The van der Waals surface area contributed by atoms with Crippen LogP contribution < -0.4 is 6.15 Å². The van der Waals surface area contributed by atoms with Gasteiger partial charge in [0.2, 0.25) is 0 Å². The van der Waals surface area contributed by atoms with Crippen LogP contribution in [0.15, 0.2) is 0 Å². The van der Waals surface area contributed by atoms with Crippen LogP contribution in [0.3, 0.4) is 0 Å². The molecule has 1 saturated heterocycles. The number of rotatable bonds is 0. The molecule has 1 aliphatic heterocycles. The van der Waals surface area contributed by atoms with Gasteiger partial charge in [-0.15, -0.1) is 0 Å². The number of hydrogen-bond donors (Lipinski definition) is 2. The summed E-state index contributed by atoms with van der Waals surface area (Å²) in [6.07, 6.45) is 0. The maximum atomic E-state index is 10.1. The largest absolute Gasteiger partial charge is 0.472 e. The minimum Gasteiger partial charge on any atom is -0.344 e. The van der Waals surface area contributed by atoms with Crippen molar-refractivity contribution in [2.75, 3.05) is 13.2 Å². The molecule has 0 spiro atoms. The van der Waals surface area contributed by atoms with Crippen molar-refractivity contribution in [3.05, 3.63) is 0 Å². The fourth-order valence-electron chi connectivity index (χ4n) is 0.343. The van der Waals surface area contributed by atoms with E-state index >= 15 is 0 Å². The van der Waals surface area contributed by atoms with Crippen molar-refractivity contribution in [1.29, 1.82) is 0 Å². The molecule has 0 amide bonds. The van der Waals surface area contributed by atoms with Gasteiger partial charge in [-0.1, -0.05) is 0 Å². The Morgan fingerprint density at radius 1 is 1.38 bits per heavy atom. The zero-order valence-corrected chi connectivity index (χ0v) is 5.13. The van der Waals surface area contributed by atoms with E-state index in [1.54, 1.807) is 0 Å². The molecular weight excluding hydrogens is 133 g/mol. The minimum atomic E-state index is -3.54. The van der Waals surface area contributed by atoms with Gasteiger partial charge in [0.15, 0.2) is 0 Å². The topological polar surface area (TPSA) is 90.8 Å². The van der Waals surface area contributed by atoms with E-state index in [0.717, 1.165) is 0 Å². The molecular formula is C2H8NO4P. The molecule has 0 aliphatic carbocycles. The quantitative estimate of drug-likeness (QED) is 0.473. The van der Waals surface area contributed by atoms with Crippen LogP contribution in [0.4, 0.5) is 0 Å². The third kappa shape index (κ3) is 1.90. The first kappa shape index (κ1) is 8.07. The summed E-state index contributed by atoms with van der Waals surface area (Å²) in [6.45, 7) is 0.460. The van der Waals surface area contributed by atoms with Gasteiger partial charge >= 0.3 is 7.82 Å². The first-order chi connectivity index (χ1) is 3.21. The molecule has 50 valence electrons. The molecule has 1 aliphatic rings. The molecule has 0 unspecified atom stereocenters. The zero-order chi connectivity index (χ0) is 5.33. The SMILES string of the molecule is N.O=P1(O)OCCO1. The summed E-state index contributed by atoms with van der Waals surface area (Å²) in [4.78, 5) is 8.31. The Hall–Kier alpha value is 0.0700. The Morgan fingerprint density at radius 2 is 1.75 bits per heavy atom. The molecule has 1 fully saturated rings. The van der Waals surface area contributed by atoms with Gasteiger partial charge in [-0.2, -0.15) is 0 Å². The van der Waals surface area contributed by atoms with E-state index in [9.17, 15) is 4.57 Å². The Balaban J connectivity index is 0.000000490. The first-order valence-corrected chi connectivity index (χ1v) is 3.32. The average Bonchev–Trinajstić information content (AvgIpc) is 1.84. The van der Waals surface area contributed by atoms with Crippen molar-refractivity contribution in [3.63, 3.8) is 0 Å². The molecule has 0 aromatic carbocycles. The smallest absolute Gasteiger partial charge is 0.344 e. The van der Waals surface area contributed by atoms with E-state index in [4.69, 9.17) is 4.89 Å². The molecule has 0 atom stereocenters. The van der Waals surface area contributed by atoms with Gasteiger partial charge in [-0.05, 0) is 0 Å². The molecule has 6 heteroatoms. The Kier molecular flexibility index (Phi) is 2.59. The van der Waals surface area contributed by atoms with E-state index in [1.807, 2.05) is 0 Å². The lowest BCUT2D eigenvalue weighted by atomic mass is 10.8. The van der Waals surface area contributed by atoms with Crippen LogP contribution >= 0.6 is 7.82 Å². The highest BCUT2D eigenvalue weighted by atomic mass is 31.2.